The van der Waals surface area contributed by atoms with Gasteiger partial charge in [-0.2, -0.15) is 5.26 Å². The van der Waals surface area contributed by atoms with Crippen molar-refractivity contribution in [2.24, 2.45) is 0 Å². The summed E-state index contributed by atoms with van der Waals surface area (Å²) in [4.78, 5) is 33.0. The quantitative estimate of drug-likeness (QED) is 0.286. The molecule has 0 unspecified atom stereocenters. The molecule has 2 saturated heterocycles. The van der Waals surface area contributed by atoms with Crippen LogP contribution in [0.1, 0.15) is 29.2 Å². The van der Waals surface area contributed by atoms with E-state index in [2.05, 4.69) is 11.0 Å². The van der Waals surface area contributed by atoms with Crippen LogP contribution in [-0.4, -0.2) is 52.4 Å². The standard InChI is InChI=1S/C31H30FN5O2S2/c1-3-36-28(35-17-15-34(16-18-35)26-12-8-7-11-25(26)32)23(21(2)24(20-33)29(36)38)19-27-30(39)37(31(40)41-27)14-13-22-9-5-4-6-10-22/h4-12,19H,3,13-18H2,1-2H3/b27-19-. The van der Waals surface area contributed by atoms with E-state index in [0.717, 1.165) is 5.56 Å². The molecule has 41 heavy (non-hydrogen) atoms. The summed E-state index contributed by atoms with van der Waals surface area (Å²) in [6, 6.07) is 18.7. The van der Waals surface area contributed by atoms with Crippen LogP contribution in [0.5, 0.6) is 0 Å². The molecule has 1 aromatic heterocycles. The molecule has 0 aliphatic carbocycles. The molecular weight excluding hydrogens is 558 g/mol. The fourth-order valence-corrected chi connectivity index (χ4v) is 6.65. The monoisotopic (exact) mass is 587 g/mol. The van der Waals surface area contributed by atoms with Gasteiger partial charge in [-0.3, -0.25) is 19.1 Å². The Morgan fingerprint density at radius 2 is 1.68 bits per heavy atom. The summed E-state index contributed by atoms with van der Waals surface area (Å²) in [5.41, 5.74) is 2.56. The number of piperazine rings is 1. The van der Waals surface area contributed by atoms with E-state index in [1.54, 1.807) is 34.6 Å². The SMILES string of the molecule is CCn1c(N2CCN(c3ccccc3F)CC2)c(/C=C2\SC(=S)N(CCc3ccccc3)C2=O)c(C)c(C#N)c1=O. The van der Waals surface area contributed by atoms with Crippen molar-refractivity contribution in [2.75, 3.05) is 42.5 Å². The van der Waals surface area contributed by atoms with Crippen LogP contribution < -0.4 is 15.4 Å². The van der Waals surface area contributed by atoms with Crippen LogP contribution in [-0.2, 0) is 17.8 Å². The second kappa shape index (κ2) is 12.3. The molecule has 210 valence electrons. The normalized spacial score (nSPS) is 16.5. The van der Waals surface area contributed by atoms with E-state index in [0.29, 0.717) is 77.5 Å². The first kappa shape index (κ1) is 28.6. The Hall–Kier alpha value is -3.94. The van der Waals surface area contributed by atoms with Gasteiger partial charge in [0.15, 0.2) is 0 Å². The molecule has 3 aromatic rings. The number of carbonyl (C=O) groups is 1. The average molecular weight is 588 g/mol. The second-order valence-corrected chi connectivity index (χ2v) is 11.6. The van der Waals surface area contributed by atoms with E-state index in [9.17, 15) is 19.2 Å². The van der Waals surface area contributed by atoms with E-state index in [4.69, 9.17) is 12.2 Å². The topological polar surface area (TPSA) is 72.6 Å². The van der Waals surface area contributed by atoms with Gasteiger partial charge in [-0.1, -0.05) is 66.4 Å². The van der Waals surface area contributed by atoms with Gasteiger partial charge in [0, 0.05) is 44.8 Å². The van der Waals surface area contributed by atoms with Gasteiger partial charge >= 0.3 is 0 Å². The summed E-state index contributed by atoms with van der Waals surface area (Å²) >= 11 is 6.81. The fourth-order valence-electron chi connectivity index (χ4n) is 5.36. The van der Waals surface area contributed by atoms with Gasteiger partial charge in [0.1, 0.15) is 27.6 Å². The third kappa shape index (κ3) is 5.65. The van der Waals surface area contributed by atoms with Crippen LogP contribution in [0, 0.1) is 24.1 Å². The first-order chi connectivity index (χ1) is 19.8. The number of carbonyl (C=O) groups excluding carboxylic acids is 1. The first-order valence-corrected chi connectivity index (χ1v) is 14.8. The molecule has 0 saturated carbocycles. The lowest BCUT2D eigenvalue weighted by Gasteiger charge is -2.39. The fraction of sp³-hybridized carbons (Fsp3) is 0.290. The van der Waals surface area contributed by atoms with Crippen molar-refractivity contribution in [3.63, 3.8) is 0 Å². The van der Waals surface area contributed by atoms with Crippen molar-refractivity contribution in [1.29, 1.82) is 5.26 Å². The number of benzene rings is 2. The number of nitrogens with zero attached hydrogens (tertiary/aromatic N) is 5. The predicted molar refractivity (Wildman–Crippen MR) is 167 cm³/mol. The number of aromatic nitrogens is 1. The number of pyridine rings is 1. The molecule has 0 atom stereocenters. The number of nitriles is 1. The smallest absolute Gasteiger partial charge is 0.270 e. The van der Waals surface area contributed by atoms with Crippen molar-refractivity contribution < 1.29 is 9.18 Å². The van der Waals surface area contributed by atoms with Crippen molar-refractivity contribution in [1.82, 2.24) is 9.47 Å². The van der Waals surface area contributed by atoms with Crippen LogP contribution in [0.3, 0.4) is 0 Å². The van der Waals surface area contributed by atoms with Gasteiger partial charge < -0.3 is 9.80 Å². The molecule has 2 aromatic carbocycles. The summed E-state index contributed by atoms with van der Waals surface area (Å²) in [6.07, 6.45) is 2.46. The Labute approximate surface area is 248 Å². The molecule has 5 rings (SSSR count). The van der Waals surface area contributed by atoms with Gasteiger partial charge in [0.05, 0.1) is 10.6 Å². The van der Waals surface area contributed by atoms with Crippen molar-refractivity contribution >= 4 is 51.8 Å². The Kier molecular flexibility index (Phi) is 8.57. The van der Waals surface area contributed by atoms with Crippen molar-refractivity contribution in [3.05, 3.63) is 97.9 Å². The van der Waals surface area contributed by atoms with Gasteiger partial charge in [0.2, 0.25) is 0 Å². The Morgan fingerprint density at radius 3 is 2.34 bits per heavy atom. The lowest BCUT2D eigenvalue weighted by atomic mass is 10.0. The molecule has 0 N–H and O–H groups in total. The second-order valence-electron chi connectivity index (χ2n) is 9.89. The number of para-hydroxylation sites is 1. The molecule has 2 fully saturated rings. The minimum Gasteiger partial charge on any atom is -0.366 e. The number of thiocarbonyl (C=S) groups is 1. The third-order valence-corrected chi connectivity index (χ3v) is 8.93. The average Bonchev–Trinajstić information content (AvgIpc) is 3.25. The maximum atomic E-state index is 14.5. The van der Waals surface area contributed by atoms with E-state index in [-0.39, 0.29) is 22.8 Å². The molecule has 10 heteroatoms. The molecule has 0 radical (unpaired) electrons. The molecular formula is C31H30FN5O2S2. The van der Waals surface area contributed by atoms with E-state index in [1.165, 1.54) is 17.8 Å². The highest BCUT2D eigenvalue weighted by Gasteiger charge is 2.33. The minimum atomic E-state index is -0.355. The number of thioether (sulfide) groups is 1. The summed E-state index contributed by atoms with van der Waals surface area (Å²) < 4.78 is 16.5. The maximum Gasteiger partial charge on any atom is 0.270 e. The zero-order chi connectivity index (χ0) is 29.1. The predicted octanol–water partition coefficient (Wildman–Crippen LogP) is 4.96. The van der Waals surface area contributed by atoms with Crippen molar-refractivity contribution in [2.45, 2.75) is 26.8 Å². The highest BCUT2D eigenvalue weighted by Crippen LogP contribution is 2.36. The van der Waals surface area contributed by atoms with E-state index >= 15 is 0 Å². The van der Waals surface area contributed by atoms with Gasteiger partial charge in [-0.15, -0.1) is 0 Å². The molecule has 0 bridgehead atoms. The molecule has 7 nitrogen and oxygen atoms in total. The highest BCUT2D eigenvalue weighted by atomic mass is 32.2. The number of hydrogen-bond donors (Lipinski definition) is 0. The van der Waals surface area contributed by atoms with Crippen molar-refractivity contribution in [3.8, 4) is 6.07 Å². The van der Waals surface area contributed by atoms with Crippen LogP contribution in [0.2, 0.25) is 0 Å². The maximum absolute atomic E-state index is 14.5. The van der Waals surface area contributed by atoms with E-state index < -0.39 is 0 Å². The molecule has 2 aliphatic heterocycles. The van der Waals surface area contributed by atoms with Crippen LogP contribution in [0.15, 0.2) is 64.3 Å². The summed E-state index contributed by atoms with van der Waals surface area (Å²) in [5.74, 6) is 0.214. The molecule has 2 aliphatic rings. The first-order valence-electron chi connectivity index (χ1n) is 13.5. The number of amides is 1. The largest absolute Gasteiger partial charge is 0.366 e. The van der Waals surface area contributed by atoms with Gasteiger partial charge in [0.25, 0.3) is 11.5 Å². The summed E-state index contributed by atoms with van der Waals surface area (Å²) in [6.45, 7) is 6.63. The number of anilines is 2. The zero-order valence-corrected chi connectivity index (χ0v) is 24.6. The highest BCUT2D eigenvalue weighted by molar-refractivity contribution is 8.26. The Morgan fingerprint density at radius 1 is 1.02 bits per heavy atom. The Balaban J connectivity index is 1.49. The summed E-state index contributed by atoms with van der Waals surface area (Å²) in [5, 5.41) is 9.87. The molecule has 1 amide bonds. The molecule has 0 spiro atoms. The zero-order valence-electron chi connectivity index (χ0n) is 23.0. The van der Waals surface area contributed by atoms with E-state index in [1.807, 2.05) is 48.2 Å². The minimum absolute atomic E-state index is 0.0615. The number of halogens is 1. The van der Waals surface area contributed by atoms with Crippen LogP contribution in [0.4, 0.5) is 15.9 Å². The van der Waals surface area contributed by atoms with Gasteiger partial charge in [-0.25, -0.2) is 4.39 Å². The molecule has 3 heterocycles. The third-order valence-electron chi connectivity index (χ3n) is 7.55. The lowest BCUT2D eigenvalue weighted by molar-refractivity contribution is -0.122. The number of rotatable bonds is 7. The van der Waals surface area contributed by atoms with Crippen LogP contribution in [0.25, 0.3) is 6.08 Å². The Bertz CT molecular complexity index is 1620. The van der Waals surface area contributed by atoms with Gasteiger partial charge in [-0.05, 0) is 49.6 Å². The lowest BCUT2D eigenvalue weighted by Crippen LogP contribution is -2.49. The van der Waals surface area contributed by atoms with Crippen LogP contribution >= 0.6 is 24.0 Å². The number of hydrogen-bond acceptors (Lipinski definition) is 7. The summed E-state index contributed by atoms with van der Waals surface area (Å²) in [7, 11) is 0.